The molecule has 0 fully saturated rings. The summed E-state index contributed by atoms with van der Waals surface area (Å²) in [4.78, 5) is 11.4. The minimum Gasteiger partial charge on any atom is -0.352 e. The lowest BCUT2D eigenvalue weighted by Crippen LogP contribution is -2.23. The number of halogens is 1. The number of nitrogens with one attached hydrogen (secondary N) is 1. The SMILES string of the molecule is CCNC(=O)c1cc(Br)cc(S(N)(=O)=O)c1. The van der Waals surface area contributed by atoms with E-state index in [4.69, 9.17) is 5.14 Å². The molecule has 0 atom stereocenters. The average molecular weight is 307 g/mol. The van der Waals surface area contributed by atoms with Gasteiger partial charge in [0.1, 0.15) is 0 Å². The van der Waals surface area contributed by atoms with E-state index in [0.717, 1.165) is 0 Å². The molecule has 1 aromatic rings. The monoisotopic (exact) mass is 306 g/mol. The van der Waals surface area contributed by atoms with Gasteiger partial charge in [0.05, 0.1) is 4.90 Å². The quantitative estimate of drug-likeness (QED) is 0.867. The van der Waals surface area contributed by atoms with Crippen molar-refractivity contribution < 1.29 is 13.2 Å². The van der Waals surface area contributed by atoms with Crippen LogP contribution in [0.2, 0.25) is 0 Å². The molecule has 0 saturated carbocycles. The van der Waals surface area contributed by atoms with Crippen LogP contribution >= 0.6 is 15.9 Å². The molecule has 1 amide bonds. The summed E-state index contributed by atoms with van der Waals surface area (Å²) >= 11 is 3.12. The molecule has 0 radical (unpaired) electrons. The molecule has 88 valence electrons. The van der Waals surface area contributed by atoms with E-state index in [9.17, 15) is 13.2 Å². The van der Waals surface area contributed by atoms with Gasteiger partial charge < -0.3 is 5.32 Å². The Kier molecular flexibility index (Phi) is 4.06. The first-order chi connectivity index (χ1) is 7.34. The predicted octanol–water partition coefficient (Wildman–Crippen LogP) is 0.846. The van der Waals surface area contributed by atoms with Crippen molar-refractivity contribution >= 4 is 31.9 Å². The Morgan fingerprint density at radius 3 is 2.56 bits per heavy atom. The highest BCUT2D eigenvalue weighted by atomic mass is 79.9. The molecular weight excluding hydrogens is 296 g/mol. The fraction of sp³-hybridized carbons (Fsp3) is 0.222. The summed E-state index contributed by atoms with van der Waals surface area (Å²) in [5.74, 6) is -0.339. The molecule has 0 aromatic heterocycles. The maximum atomic E-state index is 11.5. The van der Waals surface area contributed by atoms with Crippen molar-refractivity contribution in [3.8, 4) is 0 Å². The second-order valence-electron chi connectivity index (χ2n) is 3.08. The molecule has 0 aliphatic carbocycles. The van der Waals surface area contributed by atoms with E-state index in [-0.39, 0.29) is 16.4 Å². The van der Waals surface area contributed by atoms with Crippen LogP contribution in [0.4, 0.5) is 0 Å². The van der Waals surface area contributed by atoms with Gasteiger partial charge in [0.15, 0.2) is 0 Å². The lowest BCUT2D eigenvalue weighted by atomic mass is 10.2. The molecule has 0 unspecified atom stereocenters. The highest BCUT2D eigenvalue weighted by Gasteiger charge is 2.13. The maximum absolute atomic E-state index is 11.5. The summed E-state index contributed by atoms with van der Waals surface area (Å²) in [5.41, 5.74) is 0.250. The Bertz CT molecular complexity index is 513. The van der Waals surface area contributed by atoms with Crippen LogP contribution in [0, 0.1) is 0 Å². The molecule has 0 saturated heterocycles. The van der Waals surface area contributed by atoms with E-state index >= 15 is 0 Å². The number of benzene rings is 1. The van der Waals surface area contributed by atoms with Gasteiger partial charge in [-0.05, 0) is 25.1 Å². The van der Waals surface area contributed by atoms with E-state index in [1.54, 1.807) is 6.92 Å². The summed E-state index contributed by atoms with van der Waals surface area (Å²) in [7, 11) is -3.81. The normalized spacial score (nSPS) is 11.2. The number of carbonyl (C=O) groups excluding carboxylic acids is 1. The molecule has 3 N–H and O–H groups in total. The number of nitrogens with two attached hydrogens (primary N) is 1. The topological polar surface area (TPSA) is 89.3 Å². The van der Waals surface area contributed by atoms with Crippen molar-refractivity contribution in [2.45, 2.75) is 11.8 Å². The van der Waals surface area contributed by atoms with Gasteiger partial charge in [-0.3, -0.25) is 4.79 Å². The standard InChI is InChI=1S/C9H11BrN2O3S/c1-2-12-9(13)6-3-7(10)5-8(4-6)16(11,14)15/h3-5H,2H2,1H3,(H,12,13)(H2,11,14,15). The Hall–Kier alpha value is -0.920. The fourth-order valence-electron chi connectivity index (χ4n) is 1.12. The zero-order chi connectivity index (χ0) is 12.3. The van der Waals surface area contributed by atoms with Gasteiger partial charge >= 0.3 is 0 Å². The number of sulfonamides is 1. The van der Waals surface area contributed by atoms with Crippen molar-refractivity contribution in [3.63, 3.8) is 0 Å². The average Bonchev–Trinajstić information content (AvgIpc) is 2.16. The van der Waals surface area contributed by atoms with Crippen molar-refractivity contribution in [2.24, 2.45) is 5.14 Å². The highest BCUT2D eigenvalue weighted by Crippen LogP contribution is 2.18. The van der Waals surface area contributed by atoms with Crippen LogP contribution in [0.25, 0.3) is 0 Å². The smallest absolute Gasteiger partial charge is 0.251 e. The number of primary sulfonamides is 1. The molecule has 0 heterocycles. The first-order valence-corrected chi connectivity index (χ1v) is 6.80. The van der Waals surface area contributed by atoms with Gasteiger partial charge in [0.2, 0.25) is 10.0 Å². The molecule has 5 nitrogen and oxygen atoms in total. The number of hydrogen-bond acceptors (Lipinski definition) is 3. The van der Waals surface area contributed by atoms with Gasteiger partial charge in [-0.1, -0.05) is 15.9 Å². The van der Waals surface area contributed by atoms with Gasteiger partial charge in [0.25, 0.3) is 5.91 Å². The second kappa shape index (κ2) is 4.94. The van der Waals surface area contributed by atoms with Crippen LogP contribution in [0.5, 0.6) is 0 Å². The summed E-state index contributed by atoms with van der Waals surface area (Å²) < 4.78 is 22.8. The van der Waals surface area contributed by atoms with E-state index in [0.29, 0.717) is 11.0 Å². The molecule has 1 aromatic carbocycles. The molecule has 7 heteroatoms. The summed E-state index contributed by atoms with van der Waals surface area (Å²) in [6.07, 6.45) is 0. The van der Waals surface area contributed by atoms with Crippen LogP contribution < -0.4 is 10.5 Å². The first-order valence-electron chi connectivity index (χ1n) is 4.46. The predicted molar refractivity (Wildman–Crippen MR) is 63.5 cm³/mol. The largest absolute Gasteiger partial charge is 0.352 e. The number of carbonyl (C=O) groups is 1. The van der Waals surface area contributed by atoms with E-state index < -0.39 is 10.0 Å². The highest BCUT2D eigenvalue weighted by molar-refractivity contribution is 9.10. The Labute approximate surface area is 102 Å². The third-order valence-corrected chi connectivity index (χ3v) is 3.15. The van der Waals surface area contributed by atoms with E-state index in [2.05, 4.69) is 21.2 Å². The lowest BCUT2D eigenvalue weighted by molar-refractivity contribution is 0.0955. The van der Waals surface area contributed by atoms with Gasteiger partial charge in [-0.25, -0.2) is 13.6 Å². The molecule has 0 aliphatic rings. The Balaban J connectivity index is 3.24. The molecule has 16 heavy (non-hydrogen) atoms. The molecule has 1 rings (SSSR count). The van der Waals surface area contributed by atoms with Crippen LogP contribution in [0.1, 0.15) is 17.3 Å². The lowest BCUT2D eigenvalue weighted by Gasteiger charge is -2.05. The van der Waals surface area contributed by atoms with Crippen molar-refractivity contribution in [1.29, 1.82) is 0 Å². The molecule has 0 spiro atoms. The van der Waals surface area contributed by atoms with Crippen LogP contribution in [-0.4, -0.2) is 20.9 Å². The second-order valence-corrected chi connectivity index (χ2v) is 5.56. The third kappa shape index (κ3) is 3.29. The van der Waals surface area contributed by atoms with E-state index in [1.165, 1.54) is 18.2 Å². The van der Waals surface area contributed by atoms with Crippen molar-refractivity contribution in [2.75, 3.05) is 6.54 Å². The van der Waals surface area contributed by atoms with Crippen LogP contribution in [0.3, 0.4) is 0 Å². The number of hydrogen-bond donors (Lipinski definition) is 2. The van der Waals surface area contributed by atoms with Crippen molar-refractivity contribution in [3.05, 3.63) is 28.2 Å². The van der Waals surface area contributed by atoms with Crippen LogP contribution in [-0.2, 0) is 10.0 Å². The first kappa shape index (κ1) is 13.1. The zero-order valence-electron chi connectivity index (χ0n) is 8.53. The van der Waals surface area contributed by atoms with E-state index in [1.807, 2.05) is 0 Å². The van der Waals surface area contributed by atoms with Gasteiger partial charge in [0, 0.05) is 16.6 Å². The van der Waals surface area contributed by atoms with Crippen molar-refractivity contribution in [1.82, 2.24) is 5.32 Å². The number of rotatable bonds is 3. The number of amides is 1. The zero-order valence-corrected chi connectivity index (χ0v) is 10.9. The molecule has 0 bridgehead atoms. The third-order valence-electron chi connectivity index (χ3n) is 1.80. The molecule has 0 aliphatic heterocycles. The minimum atomic E-state index is -3.81. The Morgan fingerprint density at radius 2 is 2.06 bits per heavy atom. The summed E-state index contributed by atoms with van der Waals surface area (Å²) in [5, 5.41) is 7.56. The maximum Gasteiger partial charge on any atom is 0.251 e. The summed E-state index contributed by atoms with van der Waals surface area (Å²) in [6, 6.07) is 4.11. The van der Waals surface area contributed by atoms with Crippen LogP contribution in [0.15, 0.2) is 27.6 Å². The van der Waals surface area contributed by atoms with Gasteiger partial charge in [-0.15, -0.1) is 0 Å². The summed E-state index contributed by atoms with van der Waals surface area (Å²) in [6.45, 7) is 2.24. The van der Waals surface area contributed by atoms with Gasteiger partial charge in [-0.2, -0.15) is 0 Å². The Morgan fingerprint density at radius 1 is 1.44 bits per heavy atom. The fourth-order valence-corrected chi connectivity index (χ4v) is 2.35. The minimum absolute atomic E-state index is 0.0943. The molecular formula is C9H11BrN2O3S.